The fourth-order valence-electron chi connectivity index (χ4n) is 3.10. The summed E-state index contributed by atoms with van der Waals surface area (Å²) in [7, 11) is 0. The molecule has 3 rings (SSSR count). The first-order chi connectivity index (χ1) is 11.2. The first-order valence-corrected chi connectivity index (χ1v) is 9.19. The molecule has 1 aromatic carbocycles. The van der Waals surface area contributed by atoms with Crippen LogP contribution in [-0.2, 0) is 11.2 Å². The van der Waals surface area contributed by atoms with Crippen LogP contribution in [0.5, 0.6) is 0 Å². The molecule has 0 spiro atoms. The van der Waals surface area contributed by atoms with Crippen molar-refractivity contribution in [3.63, 3.8) is 0 Å². The molecular weight excluding hydrogens is 304 g/mol. The summed E-state index contributed by atoms with van der Waals surface area (Å²) in [6.07, 6.45) is 2.59. The molecule has 3 nitrogen and oxygen atoms in total. The number of hydrogen-bond donors (Lipinski definition) is 1. The van der Waals surface area contributed by atoms with Gasteiger partial charge in [-0.1, -0.05) is 18.2 Å². The molecule has 0 saturated carbocycles. The van der Waals surface area contributed by atoms with Crippen molar-refractivity contribution in [1.82, 2.24) is 5.32 Å². The lowest BCUT2D eigenvalue weighted by Gasteiger charge is -2.19. The van der Waals surface area contributed by atoms with E-state index in [1.807, 2.05) is 6.07 Å². The van der Waals surface area contributed by atoms with Gasteiger partial charge in [-0.2, -0.15) is 0 Å². The highest BCUT2D eigenvalue weighted by Gasteiger charge is 2.23. The molecule has 1 aliphatic heterocycles. The topological polar surface area (TPSA) is 32.3 Å². The molecule has 1 aromatic heterocycles. The monoisotopic (exact) mass is 328 g/mol. The Morgan fingerprint density at radius 3 is 3.04 bits per heavy atom. The van der Waals surface area contributed by atoms with Crippen LogP contribution in [0.2, 0.25) is 0 Å². The fourth-order valence-corrected chi connectivity index (χ4v) is 3.81. The zero-order chi connectivity index (χ0) is 16.1. The van der Waals surface area contributed by atoms with Gasteiger partial charge in [-0.15, -0.1) is 11.3 Å². The van der Waals surface area contributed by atoms with Crippen molar-refractivity contribution in [2.45, 2.75) is 26.2 Å². The molecule has 1 aliphatic rings. The van der Waals surface area contributed by atoms with Gasteiger partial charge in [0.05, 0.1) is 0 Å². The summed E-state index contributed by atoms with van der Waals surface area (Å²) < 4.78 is 0. The zero-order valence-corrected chi connectivity index (χ0v) is 14.4. The molecule has 1 atom stereocenters. The number of benzene rings is 1. The average Bonchev–Trinajstić information content (AvgIpc) is 3.22. The first kappa shape index (κ1) is 16.1. The number of carbonyl (C=O) groups excluding carboxylic acids is 1. The van der Waals surface area contributed by atoms with Crippen LogP contribution in [0.15, 0.2) is 41.8 Å². The third-order valence-electron chi connectivity index (χ3n) is 4.42. The normalized spacial score (nSPS) is 17.4. The van der Waals surface area contributed by atoms with E-state index in [0.717, 1.165) is 32.5 Å². The van der Waals surface area contributed by atoms with Crippen molar-refractivity contribution in [2.75, 3.05) is 24.5 Å². The maximum Gasteiger partial charge on any atom is 0.220 e. The van der Waals surface area contributed by atoms with Crippen LogP contribution in [0.4, 0.5) is 5.69 Å². The van der Waals surface area contributed by atoms with E-state index in [4.69, 9.17) is 0 Å². The number of anilines is 1. The summed E-state index contributed by atoms with van der Waals surface area (Å²) in [6, 6.07) is 12.8. The van der Waals surface area contributed by atoms with Gasteiger partial charge in [0.25, 0.3) is 0 Å². The van der Waals surface area contributed by atoms with Gasteiger partial charge in [-0.05, 0) is 54.8 Å². The molecule has 4 heteroatoms. The van der Waals surface area contributed by atoms with Crippen LogP contribution in [0.3, 0.4) is 0 Å². The van der Waals surface area contributed by atoms with E-state index in [1.54, 1.807) is 11.3 Å². The van der Waals surface area contributed by atoms with Gasteiger partial charge < -0.3 is 10.2 Å². The second-order valence-electron chi connectivity index (χ2n) is 6.32. The van der Waals surface area contributed by atoms with Crippen LogP contribution < -0.4 is 10.2 Å². The highest BCUT2D eigenvalue weighted by molar-refractivity contribution is 7.09. The first-order valence-electron chi connectivity index (χ1n) is 8.31. The van der Waals surface area contributed by atoms with Gasteiger partial charge >= 0.3 is 0 Å². The number of rotatable bonds is 6. The molecule has 2 aromatic rings. The van der Waals surface area contributed by atoms with Crippen molar-refractivity contribution in [3.05, 3.63) is 52.2 Å². The Labute approximate surface area is 142 Å². The second kappa shape index (κ2) is 7.64. The minimum atomic E-state index is 0.174. The maximum absolute atomic E-state index is 12.0. The highest BCUT2D eigenvalue weighted by Crippen LogP contribution is 2.24. The molecule has 0 aliphatic carbocycles. The lowest BCUT2D eigenvalue weighted by atomic mass is 10.1. The van der Waals surface area contributed by atoms with Gasteiger partial charge in [0.1, 0.15) is 0 Å². The fraction of sp³-hybridized carbons (Fsp3) is 0.421. The number of nitrogens with one attached hydrogen (secondary N) is 1. The molecule has 2 heterocycles. The Kier molecular flexibility index (Phi) is 5.34. The lowest BCUT2D eigenvalue weighted by molar-refractivity contribution is -0.121. The molecule has 122 valence electrons. The van der Waals surface area contributed by atoms with E-state index in [0.29, 0.717) is 12.3 Å². The van der Waals surface area contributed by atoms with Crippen LogP contribution in [0.25, 0.3) is 0 Å². The quantitative estimate of drug-likeness (QED) is 0.878. The van der Waals surface area contributed by atoms with Gasteiger partial charge in [-0.25, -0.2) is 0 Å². The Bertz CT molecular complexity index is 639. The largest absolute Gasteiger partial charge is 0.371 e. The number of carbonyl (C=O) groups is 1. The van der Waals surface area contributed by atoms with Gasteiger partial charge in [0.2, 0.25) is 5.91 Å². The highest BCUT2D eigenvalue weighted by atomic mass is 32.1. The van der Waals surface area contributed by atoms with Crippen molar-refractivity contribution in [3.8, 4) is 0 Å². The minimum absolute atomic E-state index is 0.174. The molecule has 1 N–H and O–H groups in total. The van der Waals surface area contributed by atoms with Crippen LogP contribution in [-0.4, -0.2) is 25.5 Å². The van der Waals surface area contributed by atoms with Gasteiger partial charge in [0, 0.05) is 36.6 Å². The SMILES string of the molecule is Cc1cccc(N2CCC(CNC(=O)CCc3cccs3)C2)c1. The van der Waals surface area contributed by atoms with Crippen LogP contribution in [0.1, 0.15) is 23.3 Å². The maximum atomic E-state index is 12.0. The Balaban J connectivity index is 1.40. The predicted molar refractivity (Wildman–Crippen MR) is 97.1 cm³/mol. The summed E-state index contributed by atoms with van der Waals surface area (Å²) in [4.78, 5) is 15.7. The minimum Gasteiger partial charge on any atom is -0.371 e. The average molecular weight is 328 g/mol. The summed E-state index contributed by atoms with van der Waals surface area (Å²) >= 11 is 1.72. The number of hydrogen-bond acceptors (Lipinski definition) is 3. The van der Waals surface area contributed by atoms with E-state index in [9.17, 15) is 4.79 Å². The van der Waals surface area contributed by atoms with Crippen molar-refractivity contribution in [1.29, 1.82) is 0 Å². The summed E-state index contributed by atoms with van der Waals surface area (Å²) in [6.45, 7) is 5.05. The number of amides is 1. The third-order valence-corrected chi connectivity index (χ3v) is 5.36. The van der Waals surface area contributed by atoms with E-state index in [-0.39, 0.29) is 5.91 Å². The smallest absolute Gasteiger partial charge is 0.220 e. The Morgan fingerprint density at radius 2 is 2.26 bits per heavy atom. The molecule has 0 radical (unpaired) electrons. The van der Waals surface area contributed by atoms with E-state index < -0.39 is 0 Å². The van der Waals surface area contributed by atoms with Crippen LogP contribution in [0, 0.1) is 12.8 Å². The molecule has 0 bridgehead atoms. The van der Waals surface area contributed by atoms with Gasteiger partial charge in [0.15, 0.2) is 0 Å². The molecule has 23 heavy (non-hydrogen) atoms. The van der Waals surface area contributed by atoms with Gasteiger partial charge in [-0.3, -0.25) is 4.79 Å². The Hall–Kier alpha value is -1.81. The number of aryl methyl sites for hydroxylation is 2. The molecule has 1 unspecified atom stereocenters. The zero-order valence-electron chi connectivity index (χ0n) is 13.6. The van der Waals surface area contributed by atoms with E-state index >= 15 is 0 Å². The molecule has 1 fully saturated rings. The van der Waals surface area contributed by atoms with Crippen molar-refractivity contribution in [2.24, 2.45) is 5.92 Å². The molecule has 1 amide bonds. The number of nitrogens with zero attached hydrogens (tertiary/aromatic N) is 1. The third kappa shape index (κ3) is 4.58. The predicted octanol–water partition coefficient (Wildman–Crippen LogP) is 3.63. The molecular formula is C19H24N2OS. The van der Waals surface area contributed by atoms with E-state index in [2.05, 4.69) is 52.9 Å². The lowest BCUT2D eigenvalue weighted by Crippen LogP contribution is -2.31. The molecule has 1 saturated heterocycles. The summed E-state index contributed by atoms with van der Waals surface area (Å²) in [5.41, 5.74) is 2.60. The standard InChI is InChI=1S/C19H24N2OS/c1-15-4-2-5-17(12-15)21-10-9-16(14-21)13-20-19(22)8-7-18-6-3-11-23-18/h2-6,11-12,16H,7-10,13-14H2,1H3,(H,20,22). The van der Waals surface area contributed by atoms with Crippen LogP contribution >= 0.6 is 11.3 Å². The number of thiophene rings is 1. The summed E-state index contributed by atoms with van der Waals surface area (Å²) in [5.74, 6) is 0.730. The van der Waals surface area contributed by atoms with E-state index in [1.165, 1.54) is 16.1 Å². The second-order valence-corrected chi connectivity index (χ2v) is 7.36. The van der Waals surface area contributed by atoms with Crippen molar-refractivity contribution >= 4 is 22.9 Å². The Morgan fingerprint density at radius 1 is 1.35 bits per heavy atom. The van der Waals surface area contributed by atoms with Crippen molar-refractivity contribution < 1.29 is 4.79 Å². The summed E-state index contributed by atoms with van der Waals surface area (Å²) in [5, 5.41) is 5.17.